The summed E-state index contributed by atoms with van der Waals surface area (Å²) in [5, 5.41) is 11.4. The Hall–Kier alpha value is -2.06. The van der Waals surface area contributed by atoms with Crippen LogP contribution in [0, 0.1) is 11.3 Å². The van der Waals surface area contributed by atoms with Gasteiger partial charge in [-0.2, -0.15) is 5.26 Å². The molecule has 0 bridgehead atoms. The van der Waals surface area contributed by atoms with E-state index < -0.39 is 6.04 Å². The number of imide groups is 1. The van der Waals surface area contributed by atoms with E-state index in [1.54, 1.807) is 30.0 Å². The molecule has 92 valence electrons. The number of benzene rings is 1. The van der Waals surface area contributed by atoms with Crippen LogP contribution in [-0.2, 0) is 9.59 Å². The fourth-order valence-electron chi connectivity index (χ4n) is 1.80. The fourth-order valence-corrected chi connectivity index (χ4v) is 2.02. The van der Waals surface area contributed by atoms with Crippen LogP contribution in [0.4, 0.5) is 5.69 Å². The Morgan fingerprint density at radius 2 is 2.22 bits per heavy atom. The molecule has 2 rings (SSSR count). The summed E-state index contributed by atoms with van der Waals surface area (Å²) in [6, 6.07) is 6.34. The Kier molecular flexibility index (Phi) is 3.21. The number of nitriles is 1. The molecule has 5 nitrogen and oxygen atoms in total. The summed E-state index contributed by atoms with van der Waals surface area (Å²) in [7, 11) is 0. The molecule has 6 heteroatoms. The zero-order valence-corrected chi connectivity index (χ0v) is 10.4. The number of carbonyl (C=O) groups is 2. The highest BCUT2D eigenvalue weighted by Crippen LogP contribution is 2.25. The van der Waals surface area contributed by atoms with Crippen molar-refractivity contribution in [3.05, 3.63) is 28.8 Å². The van der Waals surface area contributed by atoms with E-state index in [1.807, 2.05) is 6.07 Å². The fraction of sp³-hybridized carbons (Fsp3) is 0.250. The summed E-state index contributed by atoms with van der Waals surface area (Å²) in [6.07, 6.45) is 0. The molecule has 1 saturated heterocycles. The van der Waals surface area contributed by atoms with Crippen molar-refractivity contribution in [1.82, 2.24) is 5.32 Å². The van der Waals surface area contributed by atoms with E-state index in [1.165, 1.54) is 0 Å². The van der Waals surface area contributed by atoms with Crippen molar-refractivity contribution in [3.63, 3.8) is 0 Å². The third kappa shape index (κ3) is 2.15. The Balaban J connectivity index is 2.36. The molecule has 0 spiro atoms. The highest BCUT2D eigenvalue weighted by molar-refractivity contribution is 6.32. The molecular weight excluding hydrogens is 254 g/mol. The molecule has 1 aliphatic heterocycles. The van der Waals surface area contributed by atoms with E-state index in [4.69, 9.17) is 16.9 Å². The molecule has 0 radical (unpaired) electrons. The van der Waals surface area contributed by atoms with Gasteiger partial charge in [0, 0.05) is 5.69 Å². The number of carbonyl (C=O) groups excluding carboxylic acids is 2. The second kappa shape index (κ2) is 4.67. The van der Waals surface area contributed by atoms with Gasteiger partial charge in [0.1, 0.15) is 12.1 Å². The molecule has 1 aromatic rings. The lowest BCUT2D eigenvalue weighted by Crippen LogP contribution is -2.57. The maximum absolute atomic E-state index is 11.5. The summed E-state index contributed by atoms with van der Waals surface area (Å²) in [6.45, 7) is 1.79. The molecule has 0 aromatic heterocycles. The molecule has 1 atom stereocenters. The summed E-state index contributed by atoms with van der Waals surface area (Å²) < 4.78 is 0. The first kappa shape index (κ1) is 12.4. The highest BCUT2D eigenvalue weighted by Gasteiger charge is 2.30. The average molecular weight is 264 g/mol. The van der Waals surface area contributed by atoms with Gasteiger partial charge in [0.05, 0.1) is 17.1 Å². The molecule has 1 N–H and O–H groups in total. The van der Waals surface area contributed by atoms with Crippen molar-refractivity contribution >= 4 is 29.1 Å². The van der Waals surface area contributed by atoms with Crippen LogP contribution in [0.25, 0.3) is 0 Å². The van der Waals surface area contributed by atoms with Crippen LogP contribution in [0.5, 0.6) is 0 Å². The van der Waals surface area contributed by atoms with Gasteiger partial charge in [0.15, 0.2) is 0 Å². The summed E-state index contributed by atoms with van der Waals surface area (Å²) in [5.74, 6) is -0.690. The highest BCUT2D eigenvalue weighted by atomic mass is 35.5. The molecule has 1 fully saturated rings. The van der Waals surface area contributed by atoms with E-state index in [2.05, 4.69) is 5.32 Å². The topological polar surface area (TPSA) is 73.2 Å². The second-order valence-electron chi connectivity index (χ2n) is 3.99. The first-order valence-corrected chi connectivity index (χ1v) is 5.70. The SMILES string of the molecule is CC1C(=O)NC(=O)CN1c1ccc(C#N)c(Cl)c1. The van der Waals surface area contributed by atoms with Crippen molar-refractivity contribution in [3.8, 4) is 6.07 Å². The van der Waals surface area contributed by atoms with E-state index in [0.717, 1.165) is 0 Å². The summed E-state index contributed by atoms with van der Waals surface area (Å²) in [5.41, 5.74) is 1.01. The Morgan fingerprint density at radius 1 is 1.50 bits per heavy atom. The number of hydrogen-bond donors (Lipinski definition) is 1. The lowest BCUT2D eigenvalue weighted by Gasteiger charge is -2.33. The third-order valence-electron chi connectivity index (χ3n) is 2.83. The van der Waals surface area contributed by atoms with Crippen LogP contribution >= 0.6 is 11.6 Å². The van der Waals surface area contributed by atoms with Crippen LogP contribution in [-0.4, -0.2) is 24.4 Å². The van der Waals surface area contributed by atoms with Gasteiger partial charge < -0.3 is 4.90 Å². The molecule has 18 heavy (non-hydrogen) atoms. The zero-order valence-electron chi connectivity index (χ0n) is 9.61. The van der Waals surface area contributed by atoms with Gasteiger partial charge in [-0.15, -0.1) is 0 Å². The molecular formula is C12H10ClN3O2. The van der Waals surface area contributed by atoms with E-state index in [-0.39, 0.29) is 18.4 Å². The molecule has 1 heterocycles. The van der Waals surface area contributed by atoms with E-state index in [9.17, 15) is 9.59 Å². The van der Waals surface area contributed by atoms with Crippen molar-refractivity contribution < 1.29 is 9.59 Å². The first-order valence-electron chi connectivity index (χ1n) is 5.33. The Labute approximate surface area is 109 Å². The lowest BCUT2D eigenvalue weighted by molar-refractivity contribution is -0.132. The normalized spacial score (nSPS) is 19.4. The second-order valence-corrected chi connectivity index (χ2v) is 4.40. The van der Waals surface area contributed by atoms with E-state index in [0.29, 0.717) is 16.3 Å². The smallest absolute Gasteiger partial charge is 0.249 e. The van der Waals surface area contributed by atoms with Gasteiger partial charge >= 0.3 is 0 Å². The molecule has 1 aromatic carbocycles. The van der Waals surface area contributed by atoms with Crippen LogP contribution in [0.1, 0.15) is 12.5 Å². The molecule has 0 aliphatic carbocycles. The van der Waals surface area contributed by atoms with Crippen molar-refractivity contribution in [1.29, 1.82) is 5.26 Å². The van der Waals surface area contributed by atoms with E-state index >= 15 is 0 Å². The predicted octanol–water partition coefficient (Wildman–Crippen LogP) is 1.06. The number of rotatable bonds is 1. The number of nitrogens with zero attached hydrogens (tertiary/aromatic N) is 2. The molecule has 1 aliphatic rings. The number of anilines is 1. The maximum Gasteiger partial charge on any atom is 0.249 e. The van der Waals surface area contributed by atoms with Crippen molar-refractivity contribution in [2.24, 2.45) is 0 Å². The largest absolute Gasteiger partial charge is 0.350 e. The van der Waals surface area contributed by atoms with Crippen LogP contribution in [0.2, 0.25) is 5.02 Å². The quantitative estimate of drug-likeness (QED) is 0.769. The van der Waals surface area contributed by atoms with Gasteiger partial charge in [-0.05, 0) is 25.1 Å². The van der Waals surface area contributed by atoms with Gasteiger partial charge in [-0.3, -0.25) is 14.9 Å². The summed E-state index contributed by atoms with van der Waals surface area (Å²) >= 11 is 5.93. The van der Waals surface area contributed by atoms with Gasteiger partial charge in [0.2, 0.25) is 11.8 Å². The molecule has 1 unspecified atom stereocenters. The van der Waals surface area contributed by atoms with Crippen molar-refractivity contribution in [2.75, 3.05) is 11.4 Å². The number of hydrogen-bond acceptors (Lipinski definition) is 4. The van der Waals surface area contributed by atoms with Crippen LogP contribution in [0.3, 0.4) is 0 Å². The van der Waals surface area contributed by atoms with Gasteiger partial charge in [-0.25, -0.2) is 0 Å². The standard InChI is InChI=1S/C12H10ClN3O2/c1-7-12(18)15-11(17)6-16(7)9-3-2-8(5-14)10(13)4-9/h2-4,7H,6H2,1H3,(H,15,17,18). The minimum atomic E-state index is -0.452. The number of nitrogens with one attached hydrogen (secondary N) is 1. The number of halogens is 1. The number of piperazine rings is 1. The minimum absolute atomic E-state index is 0.0924. The maximum atomic E-state index is 11.5. The predicted molar refractivity (Wildman–Crippen MR) is 66.1 cm³/mol. The summed E-state index contributed by atoms with van der Waals surface area (Å²) in [4.78, 5) is 24.5. The first-order chi connectivity index (χ1) is 8.52. The van der Waals surface area contributed by atoms with Crippen LogP contribution in [0.15, 0.2) is 18.2 Å². The Bertz CT molecular complexity index is 565. The average Bonchev–Trinajstić information content (AvgIpc) is 2.33. The molecule has 0 saturated carbocycles. The van der Waals surface area contributed by atoms with Crippen LogP contribution < -0.4 is 10.2 Å². The number of amides is 2. The minimum Gasteiger partial charge on any atom is -0.350 e. The lowest BCUT2D eigenvalue weighted by atomic mass is 10.1. The van der Waals surface area contributed by atoms with Gasteiger partial charge in [0.25, 0.3) is 0 Å². The molecule has 2 amide bonds. The van der Waals surface area contributed by atoms with Gasteiger partial charge in [-0.1, -0.05) is 11.6 Å². The Morgan fingerprint density at radius 3 is 2.83 bits per heavy atom. The third-order valence-corrected chi connectivity index (χ3v) is 3.14. The monoisotopic (exact) mass is 263 g/mol. The van der Waals surface area contributed by atoms with Crippen molar-refractivity contribution in [2.45, 2.75) is 13.0 Å². The zero-order chi connectivity index (χ0) is 13.3.